The molecule has 0 radical (unpaired) electrons. The van der Waals surface area contributed by atoms with E-state index in [9.17, 15) is 9.59 Å². The van der Waals surface area contributed by atoms with Gasteiger partial charge in [0, 0.05) is 11.7 Å². The molecule has 1 amide bonds. The lowest BCUT2D eigenvalue weighted by Gasteiger charge is -2.21. The fourth-order valence-electron chi connectivity index (χ4n) is 3.70. The first-order valence-electron chi connectivity index (χ1n) is 10.7. The van der Waals surface area contributed by atoms with Crippen molar-refractivity contribution in [1.29, 1.82) is 0 Å². The van der Waals surface area contributed by atoms with Crippen molar-refractivity contribution < 1.29 is 14.0 Å². The van der Waals surface area contributed by atoms with Gasteiger partial charge in [0.1, 0.15) is 0 Å². The van der Waals surface area contributed by atoms with Gasteiger partial charge in [-0.2, -0.15) is 0 Å². The van der Waals surface area contributed by atoms with Gasteiger partial charge in [0.05, 0.1) is 6.04 Å². The molecule has 1 saturated carbocycles. The molecule has 0 bridgehead atoms. The minimum atomic E-state index is -0.612. The molecule has 1 aromatic rings. The van der Waals surface area contributed by atoms with Crippen molar-refractivity contribution in [3.05, 3.63) is 5.89 Å². The molecule has 158 valence electrons. The van der Waals surface area contributed by atoms with Gasteiger partial charge in [-0.25, -0.2) is 0 Å². The molecule has 2 rings (SSSR count). The van der Waals surface area contributed by atoms with E-state index in [4.69, 9.17) is 4.42 Å². The van der Waals surface area contributed by atoms with Crippen LogP contribution in [0.1, 0.15) is 96.2 Å². The molecule has 1 aromatic heterocycles. The van der Waals surface area contributed by atoms with Crippen LogP contribution in [0, 0.1) is 11.8 Å². The molecule has 0 spiro atoms. The lowest BCUT2D eigenvalue weighted by atomic mass is 9.86. The first-order valence-corrected chi connectivity index (χ1v) is 11.6. The monoisotopic (exact) mass is 409 g/mol. The number of Topliss-reactive ketones (excluding diaryl/α,β-unsaturated/α-hetero) is 1. The zero-order chi connectivity index (χ0) is 20.5. The number of nitrogens with zero attached hydrogens (tertiary/aromatic N) is 2. The van der Waals surface area contributed by atoms with Gasteiger partial charge in [0.2, 0.25) is 11.7 Å². The Bertz CT molecular complexity index is 624. The molecule has 7 heteroatoms. The maximum Gasteiger partial charge on any atom is 0.286 e. The van der Waals surface area contributed by atoms with E-state index in [0.717, 1.165) is 18.8 Å². The van der Waals surface area contributed by atoms with Crippen LogP contribution in [-0.4, -0.2) is 33.2 Å². The Hall–Kier alpha value is -1.37. The maximum atomic E-state index is 12.8. The topological polar surface area (TPSA) is 85.1 Å². The number of ketones is 1. The second-order valence-corrected chi connectivity index (χ2v) is 10.1. The third-order valence-corrected chi connectivity index (χ3v) is 5.89. The number of aromatic nitrogens is 2. The second kappa shape index (κ2) is 11.6. The Kier molecular flexibility index (Phi) is 9.48. The lowest BCUT2D eigenvalue weighted by Crippen LogP contribution is -2.41. The normalized spacial score (nSPS) is 16.5. The van der Waals surface area contributed by atoms with Crippen LogP contribution in [0.3, 0.4) is 0 Å². The molecule has 0 saturated heterocycles. The van der Waals surface area contributed by atoms with E-state index < -0.39 is 6.04 Å². The average Bonchev–Trinajstić information content (AvgIpc) is 3.08. The predicted molar refractivity (Wildman–Crippen MR) is 111 cm³/mol. The van der Waals surface area contributed by atoms with Crippen LogP contribution in [0.2, 0.25) is 0 Å². The predicted octanol–water partition coefficient (Wildman–Crippen LogP) is 5.03. The van der Waals surface area contributed by atoms with Gasteiger partial charge in [0.25, 0.3) is 11.1 Å². The van der Waals surface area contributed by atoms with Gasteiger partial charge in [-0.15, -0.1) is 10.2 Å². The van der Waals surface area contributed by atoms with Crippen LogP contribution in [0.25, 0.3) is 0 Å². The standard InChI is InChI=1S/C21H35N3O3S/c1-14(2)13-17(19(26)20-23-24-21(27-20)28-15(3)4)22-18(25)12-8-11-16-9-6-5-7-10-16/h14-17H,5-13H2,1-4H3,(H,22,25). The van der Waals surface area contributed by atoms with Crippen LogP contribution in [0.15, 0.2) is 9.64 Å². The highest BCUT2D eigenvalue weighted by atomic mass is 32.2. The van der Waals surface area contributed by atoms with Crippen molar-refractivity contribution in [2.75, 3.05) is 0 Å². The van der Waals surface area contributed by atoms with Crippen LogP contribution >= 0.6 is 11.8 Å². The van der Waals surface area contributed by atoms with Gasteiger partial charge in [-0.05, 0) is 31.1 Å². The van der Waals surface area contributed by atoms with Crippen molar-refractivity contribution >= 4 is 23.5 Å². The molecule has 1 N–H and O–H groups in total. The van der Waals surface area contributed by atoms with Crippen LogP contribution in [0.4, 0.5) is 0 Å². The molecular formula is C21H35N3O3S. The molecule has 1 heterocycles. The van der Waals surface area contributed by atoms with E-state index in [1.54, 1.807) is 0 Å². The summed E-state index contributed by atoms with van der Waals surface area (Å²) >= 11 is 1.42. The van der Waals surface area contributed by atoms with Crippen LogP contribution in [-0.2, 0) is 4.79 Å². The summed E-state index contributed by atoms with van der Waals surface area (Å²) < 4.78 is 5.50. The van der Waals surface area contributed by atoms with E-state index in [1.165, 1.54) is 43.9 Å². The van der Waals surface area contributed by atoms with Crippen molar-refractivity contribution in [2.24, 2.45) is 11.8 Å². The van der Waals surface area contributed by atoms with E-state index in [-0.39, 0.29) is 23.5 Å². The summed E-state index contributed by atoms with van der Waals surface area (Å²) in [6.07, 6.45) is 9.60. The Morgan fingerprint density at radius 3 is 2.50 bits per heavy atom. The average molecular weight is 410 g/mol. The number of nitrogens with one attached hydrogen (secondary N) is 1. The second-order valence-electron chi connectivity index (χ2n) is 8.55. The van der Waals surface area contributed by atoms with Crippen LogP contribution < -0.4 is 5.32 Å². The number of carbonyl (C=O) groups is 2. The van der Waals surface area contributed by atoms with E-state index >= 15 is 0 Å². The molecule has 0 aliphatic heterocycles. The SMILES string of the molecule is CC(C)CC(NC(=O)CCCC1CCCCC1)C(=O)c1nnc(SC(C)C)o1. The highest BCUT2D eigenvalue weighted by molar-refractivity contribution is 7.99. The summed E-state index contributed by atoms with van der Waals surface area (Å²) in [4.78, 5) is 25.2. The first-order chi connectivity index (χ1) is 13.3. The van der Waals surface area contributed by atoms with Crippen LogP contribution in [0.5, 0.6) is 0 Å². The highest BCUT2D eigenvalue weighted by Gasteiger charge is 2.28. The van der Waals surface area contributed by atoms with E-state index in [0.29, 0.717) is 23.3 Å². The number of rotatable bonds is 11. The molecule has 28 heavy (non-hydrogen) atoms. The van der Waals surface area contributed by atoms with E-state index in [2.05, 4.69) is 15.5 Å². The summed E-state index contributed by atoms with van der Waals surface area (Å²) in [6.45, 7) is 8.10. The highest BCUT2D eigenvalue weighted by Crippen LogP contribution is 2.27. The Morgan fingerprint density at radius 1 is 1.14 bits per heavy atom. The molecule has 1 aliphatic carbocycles. The summed E-state index contributed by atoms with van der Waals surface area (Å²) in [7, 11) is 0. The van der Waals surface area contributed by atoms with Gasteiger partial charge in [0.15, 0.2) is 0 Å². The number of hydrogen-bond donors (Lipinski definition) is 1. The molecule has 1 aliphatic rings. The summed E-state index contributed by atoms with van der Waals surface area (Å²) in [6, 6.07) is -0.612. The minimum Gasteiger partial charge on any atom is -0.408 e. The van der Waals surface area contributed by atoms with Crippen molar-refractivity contribution in [2.45, 2.75) is 102 Å². The van der Waals surface area contributed by atoms with Crippen molar-refractivity contribution in [1.82, 2.24) is 15.5 Å². The first kappa shape index (κ1) is 22.9. The molecule has 0 aromatic carbocycles. The largest absolute Gasteiger partial charge is 0.408 e. The third kappa shape index (κ3) is 7.94. The van der Waals surface area contributed by atoms with Gasteiger partial charge >= 0.3 is 0 Å². The number of amides is 1. The summed E-state index contributed by atoms with van der Waals surface area (Å²) in [5, 5.41) is 11.4. The molecule has 6 nitrogen and oxygen atoms in total. The third-order valence-electron chi connectivity index (χ3n) is 5.05. The lowest BCUT2D eigenvalue weighted by molar-refractivity contribution is -0.121. The number of thioether (sulfide) groups is 1. The quantitative estimate of drug-likeness (QED) is 0.407. The van der Waals surface area contributed by atoms with Crippen molar-refractivity contribution in [3.8, 4) is 0 Å². The van der Waals surface area contributed by atoms with Gasteiger partial charge in [-0.3, -0.25) is 9.59 Å². The summed E-state index contributed by atoms with van der Waals surface area (Å²) in [5.74, 6) is 0.661. The number of hydrogen-bond acceptors (Lipinski definition) is 6. The van der Waals surface area contributed by atoms with Gasteiger partial charge < -0.3 is 9.73 Å². The van der Waals surface area contributed by atoms with Gasteiger partial charge in [-0.1, -0.05) is 71.6 Å². The smallest absolute Gasteiger partial charge is 0.286 e. The zero-order valence-corrected chi connectivity index (χ0v) is 18.5. The summed E-state index contributed by atoms with van der Waals surface area (Å²) in [5.41, 5.74) is 0. The van der Waals surface area contributed by atoms with Crippen molar-refractivity contribution in [3.63, 3.8) is 0 Å². The number of carbonyl (C=O) groups excluding carboxylic acids is 2. The molecule has 1 fully saturated rings. The molecule has 1 atom stereocenters. The Morgan fingerprint density at radius 2 is 1.86 bits per heavy atom. The maximum absolute atomic E-state index is 12.8. The zero-order valence-electron chi connectivity index (χ0n) is 17.7. The minimum absolute atomic E-state index is 0.0173. The molecular weight excluding hydrogens is 374 g/mol. The fourth-order valence-corrected chi connectivity index (χ4v) is 4.32. The van der Waals surface area contributed by atoms with E-state index in [1.807, 2.05) is 27.7 Å². The molecule has 1 unspecified atom stereocenters. The Balaban J connectivity index is 1.87. The fraction of sp³-hybridized carbons (Fsp3) is 0.810. The Labute approximate surface area is 173 Å².